The van der Waals surface area contributed by atoms with Crippen molar-refractivity contribution in [1.82, 2.24) is 5.32 Å². The van der Waals surface area contributed by atoms with Gasteiger partial charge in [-0.1, -0.05) is 13.3 Å². The number of unbranched alkanes of at least 4 members (excludes halogenated alkanes) is 1. The van der Waals surface area contributed by atoms with Crippen LogP contribution in [0.2, 0.25) is 0 Å². The smallest absolute Gasteiger partial charge is 0.320 e. The van der Waals surface area contributed by atoms with E-state index in [4.69, 9.17) is 10.2 Å². The first kappa shape index (κ1) is 12.9. The third-order valence-electron chi connectivity index (χ3n) is 1.87. The second kappa shape index (κ2) is 7.32. The lowest BCUT2D eigenvalue weighted by atomic mass is 10.1. The first-order valence-corrected chi connectivity index (χ1v) is 4.76. The maximum absolute atomic E-state index is 10.7. The van der Waals surface area contributed by atoms with Gasteiger partial charge in [-0.25, -0.2) is 0 Å². The summed E-state index contributed by atoms with van der Waals surface area (Å²) in [6, 6.07) is -0.738. The van der Waals surface area contributed by atoms with E-state index < -0.39 is 18.0 Å². The minimum Gasteiger partial charge on any atom is -0.481 e. The summed E-state index contributed by atoms with van der Waals surface area (Å²) in [6.07, 6.45) is 1.90. The molecular formula is C9H17NO4. The molecule has 0 radical (unpaired) electrons. The summed E-state index contributed by atoms with van der Waals surface area (Å²) in [5.41, 5.74) is 0. The topological polar surface area (TPSA) is 86.6 Å². The maximum atomic E-state index is 10.7. The Labute approximate surface area is 83.1 Å². The van der Waals surface area contributed by atoms with Crippen LogP contribution in [0.1, 0.15) is 32.6 Å². The van der Waals surface area contributed by atoms with Gasteiger partial charge in [-0.15, -0.1) is 0 Å². The van der Waals surface area contributed by atoms with Gasteiger partial charge in [0.1, 0.15) is 6.04 Å². The molecule has 3 N–H and O–H groups in total. The Bertz CT molecular complexity index is 193. The summed E-state index contributed by atoms with van der Waals surface area (Å²) in [5.74, 6) is -1.95. The van der Waals surface area contributed by atoms with Crippen LogP contribution in [0.3, 0.4) is 0 Å². The molecule has 0 aliphatic heterocycles. The van der Waals surface area contributed by atoms with Gasteiger partial charge in [-0.2, -0.15) is 0 Å². The van der Waals surface area contributed by atoms with Gasteiger partial charge < -0.3 is 15.5 Å². The van der Waals surface area contributed by atoms with Gasteiger partial charge in [0.2, 0.25) is 0 Å². The second-order valence-corrected chi connectivity index (χ2v) is 3.13. The monoisotopic (exact) mass is 203 g/mol. The molecule has 0 saturated heterocycles. The molecule has 0 bridgehead atoms. The Balaban J connectivity index is 3.78. The van der Waals surface area contributed by atoms with Crippen LogP contribution in [-0.4, -0.2) is 34.7 Å². The molecule has 0 fully saturated rings. The first-order valence-electron chi connectivity index (χ1n) is 4.76. The minimum atomic E-state index is -0.984. The number of aliphatic carboxylic acids is 2. The fourth-order valence-corrected chi connectivity index (χ4v) is 1.03. The third-order valence-corrected chi connectivity index (χ3v) is 1.87. The number of carboxylic acids is 2. The molecule has 0 saturated carbocycles. The number of hydrogen-bond donors (Lipinski definition) is 3. The number of carbonyl (C=O) groups is 2. The van der Waals surface area contributed by atoms with Crippen LogP contribution in [0.5, 0.6) is 0 Å². The summed E-state index contributed by atoms with van der Waals surface area (Å²) in [4.78, 5) is 20.9. The summed E-state index contributed by atoms with van der Waals surface area (Å²) in [7, 11) is 0. The molecule has 0 heterocycles. The van der Waals surface area contributed by atoms with Gasteiger partial charge in [0.05, 0.1) is 0 Å². The van der Waals surface area contributed by atoms with Crippen molar-refractivity contribution >= 4 is 11.9 Å². The Morgan fingerprint density at radius 3 is 2.43 bits per heavy atom. The first-order chi connectivity index (χ1) is 6.57. The zero-order valence-corrected chi connectivity index (χ0v) is 8.32. The molecule has 14 heavy (non-hydrogen) atoms. The molecule has 0 amide bonds. The fraction of sp³-hybridized carbons (Fsp3) is 0.778. The van der Waals surface area contributed by atoms with Crippen LogP contribution in [0.4, 0.5) is 0 Å². The molecule has 0 spiro atoms. The zero-order valence-electron chi connectivity index (χ0n) is 8.32. The van der Waals surface area contributed by atoms with E-state index in [2.05, 4.69) is 5.32 Å². The van der Waals surface area contributed by atoms with E-state index in [1.54, 1.807) is 0 Å². The molecule has 0 aliphatic carbocycles. The van der Waals surface area contributed by atoms with Crippen LogP contribution in [-0.2, 0) is 9.59 Å². The van der Waals surface area contributed by atoms with Gasteiger partial charge in [-0.3, -0.25) is 9.59 Å². The molecule has 0 aliphatic rings. The highest BCUT2D eigenvalue weighted by molar-refractivity contribution is 5.75. The van der Waals surface area contributed by atoms with E-state index >= 15 is 0 Å². The van der Waals surface area contributed by atoms with E-state index in [0.29, 0.717) is 6.54 Å². The number of carboxylic acid groups (broad SMARTS) is 2. The molecular weight excluding hydrogens is 186 g/mol. The molecule has 0 aromatic rings. The van der Waals surface area contributed by atoms with Crippen molar-refractivity contribution in [2.24, 2.45) is 0 Å². The quantitative estimate of drug-likeness (QED) is 0.505. The Morgan fingerprint density at radius 2 is 2.00 bits per heavy atom. The van der Waals surface area contributed by atoms with Gasteiger partial charge in [0.15, 0.2) is 0 Å². The van der Waals surface area contributed by atoms with Crippen molar-refractivity contribution < 1.29 is 19.8 Å². The van der Waals surface area contributed by atoms with E-state index in [1.807, 2.05) is 6.92 Å². The normalized spacial score (nSPS) is 12.4. The van der Waals surface area contributed by atoms with Gasteiger partial charge in [0.25, 0.3) is 0 Å². The molecule has 5 nitrogen and oxygen atoms in total. The Kier molecular flexibility index (Phi) is 6.74. The standard InChI is InChI=1S/C9H17NO4/c1-2-3-6-10-7(9(13)14)4-5-8(11)12/h7,10H,2-6H2,1H3,(H,11,12)(H,13,14). The Hall–Kier alpha value is -1.10. The summed E-state index contributed by atoms with van der Waals surface area (Å²) < 4.78 is 0. The molecule has 0 rings (SSSR count). The van der Waals surface area contributed by atoms with Crippen molar-refractivity contribution in [2.45, 2.75) is 38.6 Å². The van der Waals surface area contributed by atoms with Crippen molar-refractivity contribution in [3.63, 3.8) is 0 Å². The predicted octanol–water partition coefficient (Wildman–Crippen LogP) is 0.694. The largest absolute Gasteiger partial charge is 0.481 e. The Morgan fingerprint density at radius 1 is 1.36 bits per heavy atom. The third kappa shape index (κ3) is 6.42. The number of rotatable bonds is 8. The molecule has 5 heteroatoms. The summed E-state index contributed by atoms with van der Waals surface area (Å²) >= 11 is 0. The van der Waals surface area contributed by atoms with Crippen LogP contribution in [0.25, 0.3) is 0 Å². The van der Waals surface area contributed by atoms with Crippen molar-refractivity contribution in [3.8, 4) is 0 Å². The van der Waals surface area contributed by atoms with Gasteiger partial charge in [0, 0.05) is 6.42 Å². The highest BCUT2D eigenvalue weighted by Crippen LogP contribution is 1.98. The van der Waals surface area contributed by atoms with Crippen LogP contribution in [0.15, 0.2) is 0 Å². The number of hydrogen-bond acceptors (Lipinski definition) is 3. The molecule has 0 aromatic heterocycles. The highest BCUT2D eigenvalue weighted by atomic mass is 16.4. The zero-order chi connectivity index (χ0) is 11.0. The minimum absolute atomic E-state index is 0.115. The van der Waals surface area contributed by atoms with E-state index in [0.717, 1.165) is 12.8 Å². The fourth-order valence-electron chi connectivity index (χ4n) is 1.03. The average molecular weight is 203 g/mol. The van der Waals surface area contributed by atoms with E-state index in [9.17, 15) is 9.59 Å². The lowest BCUT2D eigenvalue weighted by Crippen LogP contribution is -2.37. The predicted molar refractivity (Wildman–Crippen MR) is 51.2 cm³/mol. The second-order valence-electron chi connectivity index (χ2n) is 3.13. The molecule has 1 unspecified atom stereocenters. The molecule has 0 aromatic carbocycles. The van der Waals surface area contributed by atoms with E-state index in [-0.39, 0.29) is 12.8 Å². The van der Waals surface area contributed by atoms with Gasteiger partial charge in [-0.05, 0) is 19.4 Å². The SMILES string of the molecule is CCCCNC(CCC(=O)O)C(=O)O. The molecule has 1 atom stereocenters. The van der Waals surface area contributed by atoms with E-state index in [1.165, 1.54) is 0 Å². The van der Waals surface area contributed by atoms with Crippen LogP contribution < -0.4 is 5.32 Å². The van der Waals surface area contributed by atoms with Crippen LogP contribution in [0, 0.1) is 0 Å². The lowest BCUT2D eigenvalue weighted by molar-refractivity contribution is -0.140. The van der Waals surface area contributed by atoms with Gasteiger partial charge >= 0.3 is 11.9 Å². The van der Waals surface area contributed by atoms with Crippen molar-refractivity contribution in [3.05, 3.63) is 0 Å². The average Bonchev–Trinajstić information content (AvgIpc) is 2.10. The van der Waals surface area contributed by atoms with Crippen LogP contribution >= 0.6 is 0 Å². The maximum Gasteiger partial charge on any atom is 0.320 e. The van der Waals surface area contributed by atoms with Crippen molar-refractivity contribution in [1.29, 1.82) is 0 Å². The lowest BCUT2D eigenvalue weighted by Gasteiger charge is -2.12. The highest BCUT2D eigenvalue weighted by Gasteiger charge is 2.17. The summed E-state index contributed by atoms with van der Waals surface area (Å²) in [6.45, 7) is 2.63. The van der Waals surface area contributed by atoms with Crippen molar-refractivity contribution in [2.75, 3.05) is 6.54 Å². The number of nitrogens with one attached hydrogen (secondary N) is 1. The summed E-state index contributed by atoms with van der Waals surface area (Å²) in [5, 5.41) is 19.9. The molecule has 82 valence electrons.